The molecule has 0 aromatic rings. The fourth-order valence-corrected chi connectivity index (χ4v) is 3.12. The summed E-state index contributed by atoms with van der Waals surface area (Å²) in [4.78, 5) is 44.2. The van der Waals surface area contributed by atoms with Gasteiger partial charge in [0.15, 0.2) is 0 Å². The molecule has 8 N–H and O–H groups in total. The molecule has 1 aliphatic rings. The normalized spacial score (nSPS) is 34.6. The minimum atomic E-state index is -3.37. The van der Waals surface area contributed by atoms with Gasteiger partial charge in [-0.05, 0) is 0 Å². The summed E-state index contributed by atoms with van der Waals surface area (Å²) in [7, 11) is 0. The maximum atomic E-state index is 11.2. The van der Waals surface area contributed by atoms with Crippen LogP contribution in [-0.2, 0) is 23.9 Å². The van der Waals surface area contributed by atoms with Crippen LogP contribution in [0.3, 0.4) is 0 Å². The zero-order chi connectivity index (χ0) is 21.2. The molecule has 153 valence electrons. The minimum absolute atomic E-state index is 0.246. The topological polar surface area (TPSA) is 239 Å². The van der Waals surface area contributed by atoms with E-state index in [0.717, 1.165) is 0 Å². The fourth-order valence-electron chi connectivity index (χ4n) is 3.12. The SMILES string of the molecule is O=C(O)CC(O)[C@H]1O[CH][C@@](O)(CC(=O)O)[C@](O)(CC(=O)O)[C@@]1(O)CC(=O)O. The number of rotatable bonds is 9. The van der Waals surface area contributed by atoms with Crippen molar-refractivity contribution in [3.63, 3.8) is 0 Å². The predicted molar refractivity (Wildman–Crippen MR) is 79.0 cm³/mol. The highest BCUT2D eigenvalue weighted by atomic mass is 16.5. The van der Waals surface area contributed by atoms with Crippen molar-refractivity contribution in [2.75, 3.05) is 0 Å². The molecule has 0 aromatic heterocycles. The summed E-state index contributed by atoms with van der Waals surface area (Å²) in [5.41, 5.74) is -9.73. The molecule has 1 radical (unpaired) electrons. The van der Waals surface area contributed by atoms with E-state index < -0.39 is 78.6 Å². The second kappa shape index (κ2) is 7.74. The van der Waals surface area contributed by atoms with Crippen LogP contribution in [0.1, 0.15) is 25.7 Å². The van der Waals surface area contributed by atoms with Gasteiger partial charge in [0.1, 0.15) is 29.5 Å². The van der Waals surface area contributed by atoms with Crippen LogP contribution in [0, 0.1) is 6.61 Å². The third-order valence-corrected chi connectivity index (χ3v) is 4.29. The largest absolute Gasteiger partial charge is 0.481 e. The molecule has 1 saturated heterocycles. The van der Waals surface area contributed by atoms with Crippen molar-refractivity contribution in [2.24, 2.45) is 0 Å². The Morgan fingerprint density at radius 1 is 0.852 bits per heavy atom. The average Bonchev–Trinajstić information content (AvgIpc) is 2.42. The number of carbonyl (C=O) groups is 4. The standard InChI is InChI=1S/C14H19O13/c15-6(1-7(16)17)11-13(25,3-9(20)21)14(26,4-10(22)23)12(24,5-27-11)2-8(18)19/h5-6,11,15,24-26H,1-4H2,(H,16,17)(H,18,19)(H,20,21)(H,22,23)/t6?,11-,12+,13-,14-/m1/s1. The van der Waals surface area contributed by atoms with Crippen molar-refractivity contribution in [3.8, 4) is 0 Å². The van der Waals surface area contributed by atoms with Gasteiger partial charge >= 0.3 is 23.9 Å². The Balaban J connectivity index is 3.59. The highest BCUT2D eigenvalue weighted by Gasteiger charge is 2.71. The van der Waals surface area contributed by atoms with Gasteiger partial charge < -0.3 is 45.6 Å². The molecule has 13 nitrogen and oxygen atoms in total. The van der Waals surface area contributed by atoms with E-state index in [0.29, 0.717) is 0 Å². The fraction of sp³-hybridized carbons (Fsp3) is 0.643. The molecule has 27 heavy (non-hydrogen) atoms. The van der Waals surface area contributed by atoms with Crippen LogP contribution in [0.25, 0.3) is 0 Å². The van der Waals surface area contributed by atoms with Gasteiger partial charge in [-0.15, -0.1) is 0 Å². The molecule has 0 saturated carbocycles. The van der Waals surface area contributed by atoms with Crippen LogP contribution in [0.2, 0.25) is 0 Å². The van der Waals surface area contributed by atoms with E-state index in [9.17, 15) is 39.6 Å². The number of ether oxygens (including phenoxy) is 1. The Morgan fingerprint density at radius 3 is 1.74 bits per heavy atom. The molecule has 1 fully saturated rings. The van der Waals surface area contributed by atoms with Crippen molar-refractivity contribution in [1.82, 2.24) is 0 Å². The molecule has 0 aliphatic carbocycles. The molecule has 1 rings (SSSR count). The van der Waals surface area contributed by atoms with Gasteiger partial charge in [0.05, 0.1) is 31.8 Å². The van der Waals surface area contributed by atoms with Crippen molar-refractivity contribution < 1.29 is 64.8 Å². The smallest absolute Gasteiger partial charge is 0.306 e. The van der Waals surface area contributed by atoms with Crippen LogP contribution in [0.15, 0.2) is 0 Å². The number of hydrogen-bond acceptors (Lipinski definition) is 9. The Bertz CT molecular complexity index is 633. The summed E-state index contributed by atoms with van der Waals surface area (Å²) in [5, 5.41) is 78.0. The molecule has 13 heteroatoms. The van der Waals surface area contributed by atoms with Crippen LogP contribution in [0.4, 0.5) is 0 Å². The molecule has 0 amide bonds. The second-order valence-corrected chi connectivity index (χ2v) is 6.26. The summed E-state index contributed by atoms with van der Waals surface area (Å²) in [6.07, 6.45) is -9.88. The van der Waals surface area contributed by atoms with Gasteiger partial charge in [0.25, 0.3) is 0 Å². The van der Waals surface area contributed by atoms with Crippen LogP contribution < -0.4 is 0 Å². The lowest BCUT2D eigenvalue weighted by molar-refractivity contribution is -0.325. The van der Waals surface area contributed by atoms with Gasteiger partial charge in [0, 0.05) is 0 Å². The summed E-state index contributed by atoms with van der Waals surface area (Å²) in [6.45, 7) is 0.246. The van der Waals surface area contributed by atoms with Gasteiger partial charge in [0.2, 0.25) is 0 Å². The lowest BCUT2D eigenvalue weighted by Gasteiger charge is -2.57. The number of hydrogen-bond donors (Lipinski definition) is 8. The van der Waals surface area contributed by atoms with Crippen molar-refractivity contribution in [1.29, 1.82) is 0 Å². The first-order chi connectivity index (χ1) is 12.2. The van der Waals surface area contributed by atoms with E-state index in [1.807, 2.05) is 0 Å². The first kappa shape index (κ1) is 22.7. The maximum absolute atomic E-state index is 11.2. The van der Waals surface area contributed by atoms with E-state index in [4.69, 9.17) is 25.2 Å². The third kappa shape index (κ3) is 4.33. The average molecular weight is 395 g/mol. The maximum Gasteiger partial charge on any atom is 0.306 e. The summed E-state index contributed by atoms with van der Waals surface area (Å²) < 4.78 is 4.83. The van der Waals surface area contributed by atoms with Crippen molar-refractivity contribution in [3.05, 3.63) is 6.61 Å². The quantitative estimate of drug-likeness (QED) is 0.194. The number of carboxylic acids is 4. The third-order valence-electron chi connectivity index (χ3n) is 4.29. The van der Waals surface area contributed by atoms with Crippen LogP contribution in [-0.4, -0.2) is 93.7 Å². The lowest BCUT2D eigenvalue weighted by atomic mass is 9.61. The van der Waals surface area contributed by atoms with E-state index in [1.54, 1.807) is 0 Å². The summed E-state index contributed by atoms with van der Waals surface area (Å²) in [6, 6.07) is 0. The molecule has 1 heterocycles. The molecule has 0 bridgehead atoms. The number of aliphatic hydroxyl groups is 4. The van der Waals surface area contributed by atoms with Crippen LogP contribution >= 0.6 is 0 Å². The van der Waals surface area contributed by atoms with E-state index >= 15 is 0 Å². The molecule has 0 spiro atoms. The van der Waals surface area contributed by atoms with E-state index in [-0.39, 0.29) is 6.61 Å². The second-order valence-electron chi connectivity index (χ2n) is 6.26. The lowest BCUT2D eigenvalue weighted by Crippen LogP contribution is -2.78. The first-order valence-corrected chi connectivity index (χ1v) is 7.41. The van der Waals surface area contributed by atoms with Gasteiger partial charge in [-0.2, -0.15) is 0 Å². The van der Waals surface area contributed by atoms with E-state index in [1.165, 1.54) is 0 Å². The molecule has 5 atom stereocenters. The highest BCUT2D eigenvalue weighted by Crippen LogP contribution is 2.49. The van der Waals surface area contributed by atoms with Gasteiger partial charge in [-0.25, -0.2) is 0 Å². The van der Waals surface area contributed by atoms with Gasteiger partial charge in [-0.1, -0.05) is 0 Å². The van der Waals surface area contributed by atoms with Crippen molar-refractivity contribution in [2.45, 2.75) is 54.7 Å². The minimum Gasteiger partial charge on any atom is -0.481 e. The Kier molecular flexibility index (Phi) is 6.51. The Labute approximate surface area is 151 Å². The number of carboxylic acid groups (broad SMARTS) is 4. The molecule has 0 aromatic carbocycles. The van der Waals surface area contributed by atoms with Gasteiger partial charge in [-0.3, -0.25) is 19.2 Å². The monoisotopic (exact) mass is 395 g/mol. The highest BCUT2D eigenvalue weighted by molar-refractivity contribution is 5.74. The number of aliphatic hydroxyl groups excluding tert-OH is 1. The predicted octanol–water partition coefficient (Wildman–Crippen LogP) is -3.00. The summed E-state index contributed by atoms with van der Waals surface area (Å²) in [5.74, 6) is -7.05. The Morgan fingerprint density at radius 2 is 1.33 bits per heavy atom. The number of aliphatic carboxylic acids is 4. The molecular formula is C14H19O13. The van der Waals surface area contributed by atoms with Crippen molar-refractivity contribution >= 4 is 23.9 Å². The Hall–Kier alpha value is -2.32. The van der Waals surface area contributed by atoms with E-state index in [2.05, 4.69) is 0 Å². The first-order valence-electron chi connectivity index (χ1n) is 7.41. The molecular weight excluding hydrogens is 376 g/mol. The molecule has 1 unspecified atom stereocenters. The zero-order valence-corrected chi connectivity index (χ0v) is 13.7. The zero-order valence-electron chi connectivity index (χ0n) is 13.7. The van der Waals surface area contributed by atoms with Crippen LogP contribution in [0.5, 0.6) is 0 Å². The summed E-state index contributed by atoms with van der Waals surface area (Å²) >= 11 is 0. The molecule has 1 aliphatic heterocycles.